The summed E-state index contributed by atoms with van der Waals surface area (Å²) in [7, 11) is 0. The summed E-state index contributed by atoms with van der Waals surface area (Å²) >= 11 is 0. The van der Waals surface area contributed by atoms with E-state index in [-0.39, 0.29) is 11.5 Å². The van der Waals surface area contributed by atoms with E-state index in [2.05, 4.69) is 46.7 Å². The molecule has 0 unspecified atom stereocenters. The summed E-state index contributed by atoms with van der Waals surface area (Å²) in [4.78, 5) is 14.6. The third-order valence-corrected chi connectivity index (χ3v) is 5.06. The quantitative estimate of drug-likeness (QED) is 0.322. The molecule has 0 aromatic heterocycles. The monoisotopic (exact) mass is 398 g/mol. The fraction of sp³-hybridized carbons (Fsp3) is 0.565. The van der Waals surface area contributed by atoms with Crippen LogP contribution in [0.2, 0.25) is 0 Å². The average molecular weight is 399 g/mol. The highest BCUT2D eigenvalue weighted by atomic mass is 16.5. The first-order chi connectivity index (χ1) is 14.2. The van der Waals surface area contributed by atoms with Gasteiger partial charge in [-0.3, -0.25) is 9.69 Å². The normalized spacial score (nSPS) is 15.7. The number of nitrogens with one attached hydrogen (secondary N) is 2. The summed E-state index contributed by atoms with van der Waals surface area (Å²) in [5.74, 6) is -0.324. The lowest BCUT2D eigenvalue weighted by Crippen LogP contribution is -2.40. The van der Waals surface area contributed by atoms with E-state index >= 15 is 0 Å². The number of hydrogen-bond donors (Lipinski definition) is 2. The van der Waals surface area contributed by atoms with Crippen molar-refractivity contribution < 1.29 is 9.53 Å². The second kappa shape index (κ2) is 13.8. The van der Waals surface area contributed by atoms with Crippen molar-refractivity contribution in [2.75, 3.05) is 32.8 Å². The number of amides is 1. The maximum absolute atomic E-state index is 12.1. The van der Waals surface area contributed by atoms with Gasteiger partial charge in [-0.2, -0.15) is 5.26 Å². The number of carbonyl (C=O) groups excluding carboxylic acids is 1. The zero-order valence-corrected chi connectivity index (χ0v) is 17.5. The maximum atomic E-state index is 12.1. The van der Waals surface area contributed by atoms with Crippen molar-refractivity contribution in [2.24, 2.45) is 0 Å². The Morgan fingerprint density at radius 2 is 1.97 bits per heavy atom. The third kappa shape index (κ3) is 9.12. The summed E-state index contributed by atoms with van der Waals surface area (Å²) in [5.41, 5.74) is 1.46. The molecule has 0 atom stereocenters. The van der Waals surface area contributed by atoms with Crippen LogP contribution < -0.4 is 10.6 Å². The van der Waals surface area contributed by atoms with E-state index in [1.165, 1.54) is 5.56 Å². The molecule has 0 spiro atoms. The molecular weight excluding hydrogens is 364 g/mol. The molecule has 1 saturated heterocycles. The smallest absolute Gasteiger partial charge is 0.263 e. The summed E-state index contributed by atoms with van der Waals surface area (Å²) in [6.45, 7) is 7.02. The second-order valence-corrected chi connectivity index (χ2v) is 7.45. The summed E-state index contributed by atoms with van der Waals surface area (Å²) < 4.78 is 5.47. The molecule has 158 valence electrons. The molecule has 1 aliphatic heterocycles. The minimum Gasteiger partial charge on any atom is -0.387 e. The van der Waals surface area contributed by atoms with Crippen molar-refractivity contribution in [3.63, 3.8) is 0 Å². The van der Waals surface area contributed by atoms with Crippen LogP contribution in [0.4, 0.5) is 0 Å². The number of carbonyl (C=O) groups is 1. The van der Waals surface area contributed by atoms with E-state index < -0.39 is 0 Å². The number of likely N-dealkylation sites (tertiary alicyclic amines) is 1. The Balaban J connectivity index is 1.64. The number of unbranched alkanes of at least 4 members (excludes halogenated alkanes) is 1. The first kappa shape index (κ1) is 22.9. The highest BCUT2D eigenvalue weighted by Gasteiger charge is 2.19. The number of piperidine rings is 1. The molecular formula is C23H34N4O2. The zero-order valence-electron chi connectivity index (χ0n) is 17.5. The van der Waals surface area contributed by atoms with Gasteiger partial charge in [0.1, 0.15) is 11.6 Å². The van der Waals surface area contributed by atoms with Gasteiger partial charge in [0.25, 0.3) is 5.91 Å². The molecule has 1 aromatic carbocycles. The van der Waals surface area contributed by atoms with Gasteiger partial charge in [0, 0.05) is 51.6 Å². The Morgan fingerprint density at radius 3 is 2.66 bits per heavy atom. The van der Waals surface area contributed by atoms with E-state index in [4.69, 9.17) is 4.74 Å². The first-order valence-electron chi connectivity index (χ1n) is 10.7. The molecule has 1 heterocycles. The van der Waals surface area contributed by atoms with E-state index in [0.29, 0.717) is 19.2 Å². The van der Waals surface area contributed by atoms with Crippen LogP contribution in [0, 0.1) is 11.3 Å². The predicted octanol–water partition coefficient (Wildman–Crippen LogP) is 2.97. The van der Waals surface area contributed by atoms with Crippen LogP contribution in [0.1, 0.15) is 44.6 Å². The first-order valence-corrected chi connectivity index (χ1v) is 10.7. The van der Waals surface area contributed by atoms with Crippen LogP contribution in [-0.2, 0) is 16.1 Å². The topological polar surface area (TPSA) is 77.4 Å². The maximum Gasteiger partial charge on any atom is 0.263 e. The van der Waals surface area contributed by atoms with E-state index in [1.54, 1.807) is 6.20 Å². The van der Waals surface area contributed by atoms with Gasteiger partial charge in [0.05, 0.1) is 0 Å². The van der Waals surface area contributed by atoms with Crippen molar-refractivity contribution in [3.05, 3.63) is 47.7 Å². The molecule has 0 aliphatic carbocycles. The Morgan fingerprint density at radius 1 is 1.24 bits per heavy atom. The Bertz CT molecular complexity index is 661. The Hall–Kier alpha value is -2.36. The van der Waals surface area contributed by atoms with Crippen molar-refractivity contribution in [1.82, 2.24) is 15.5 Å². The number of nitriles is 1. The number of hydrogen-bond acceptors (Lipinski definition) is 5. The van der Waals surface area contributed by atoms with E-state index in [0.717, 1.165) is 58.3 Å². The fourth-order valence-electron chi connectivity index (χ4n) is 3.27. The van der Waals surface area contributed by atoms with Crippen molar-refractivity contribution >= 4 is 5.91 Å². The van der Waals surface area contributed by atoms with E-state index in [9.17, 15) is 10.1 Å². The van der Waals surface area contributed by atoms with Crippen LogP contribution in [-0.4, -0.2) is 49.7 Å². The van der Waals surface area contributed by atoms with Crippen LogP contribution in [0.15, 0.2) is 42.1 Å². The van der Waals surface area contributed by atoms with Gasteiger partial charge in [0.15, 0.2) is 0 Å². The van der Waals surface area contributed by atoms with Gasteiger partial charge in [-0.25, -0.2) is 0 Å². The van der Waals surface area contributed by atoms with Crippen molar-refractivity contribution in [3.8, 4) is 6.07 Å². The SMILES string of the molecule is CCCCOCCCNC(=O)/C(C#N)=C\NC1CCN(Cc2ccccc2)CC1. The number of benzene rings is 1. The van der Waals surface area contributed by atoms with E-state index in [1.807, 2.05) is 12.1 Å². The summed E-state index contributed by atoms with van der Waals surface area (Å²) in [6, 6.07) is 12.8. The minimum atomic E-state index is -0.324. The van der Waals surface area contributed by atoms with Gasteiger partial charge in [-0.1, -0.05) is 43.7 Å². The molecule has 0 saturated carbocycles. The van der Waals surface area contributed by atoms with Gasteiger partial charge in [0.2, 0.25) is 0 Å². The predicted molar refractivity (Wildman–Crippen MR) is 115 cm³/mol. The fourth-order valence-corrected chi connectivity index (χ4v) is 3.27. The summed E-state index contributed by atoms with van der Waals surface area (Å²) in [5, 5.41) is 15.3. The van der Waals surface area contributed by atoms with Crippen LogP contribution in [0.3, 0.4) is 0 Å². The highest BCUT2D eigenvalue weighted by molar-refractivity contribution is 5.97. The molecule has 1 aromatic rings. The Labute approximate surface area is 174 Å². The van der Waals surface area contributed by atoms with Crippen molar-refractivity contribution in [2.45, 2.75) is 51.6 Å². The molecule has 1 amide bonds. The lowest BCUT2D eigenvalue weighted by atomic mass is 10.0. The molecule has 1 fully saturated rings. The van der Waals surface area contributed by atoms with Gasteiger partial charge < -0.3 is 15.4 Å². The molecule has 0 radical (unpaired) electrons. The number of rotatable bonds is 12. The Kier molecular flexibility index (Phi) is 10.9. The second-order valence-electron chi connectivity index (χ2n) is 7.45. The van der Waals surface area contributed by atoms with Gasteiger partial charge >= 0.3 is 0 Å². The van der Waals surface area contributed by atoms with Gasteiger partial charge in [-0.15, -0.1) is 0 Å². The lowest BCUT2D eigenvalue weighted by molar-refractivity contribution is -0.117. The average Bonchev–Trinajstić information content (AvgIpc) is 2.75. The minimum absolute atomic E-state index is 0.128. The highest BCUT2D eigenvalue weighted by Crippen LogP contribution is 2.14. The van der Waals surface area contributed by atoms with Gasteiger partial charge in [-0.05, 0) is 31.2 Å². The number of ether oxygens (including phenoxy) is 1. The van der Waals surface area contributed by atoms with Crippen LogP contribution in [0.5, 0.6) is 0 Å². The molecule has 2 N–H and O–H groups in total. The largest absolute Gasteiger partial charge is 0.387 e. The zero-order chi connectivity index (χ0) is 20.7. The lowest BCUT2D eigenvalue weighted by Gasteiger charge is -2.32. The molecule has 2 rings (SSSR count). The summed E-state index contributed by atoms with van der Waals surface area (Å²) in [6.07, 6.45) is 6.50. The molecule has 0 bridgehead atoms. The molecule has 6 nitrogen and oxygen atoms in total. The molecule has 29 heavy (non-hydrogen) atoms. The van der Waals surface area contributed by atoms with Crippen LogP contribution in [0.25, 0.3) is 0 Å². The van der Waals surface area contributed by atoms with Crippen molar-refractivity contribution in [1.29, 1.82) is 5.26 Å². The molecule has 1 aliphatic rings. The standard InChI is InChI=1S/C23H34N4O2/c1-2-3-15-29-16-7-12-25-23(28)21(17-24)18-26-22-10-13-27(14-11-22)19-20-8-5-4-6-9-20/h4-6,8-9,18,22,26H,2-3,7,10-16,19H2,1H3,(H,25,28)/b21-18-. The third-order valence-electron chi connectivity index (χ3n) is 5.06. The molecule has 6 heteroatoms. The van der Waals surface area contributed by atoms with Crippen LogP contribution >= 0.6 is 0 Å². The number of nitrogens with zero attached hydrogens (tertiary/aromatic N) is 2.